The van der Waals surface area contributed by atoms with Crippen LogP contribution in [0.5, 0.6) is 0 Å². The van der Waals surface area contributed by atoms with Crippen molar-refractivity contribution >= 4 is 5.91 Å². The number of amides is 1. The Labute approximate surface area is 96.7 Å². The van der Waals surface area contributed by atoms with Gasteiger partial charge >= 0.3 is 0 Å². The van der Waals surface area contributed by atoms with Gasteiger partial charge in [0, 0.05) is 32.2 Å². The average molecular weight is 227 g/mol. The fourth-order valence-corrected chi connectivity index (χ4v) is 3.28. The summed E-state index contributed by atoms with van der Waals surface area (Å²) in [5.41, 5.74) is -0.0931. The first-order valence-electron chi connectivity index (χ1n) is 6.03. The Morgan fingerprint density at radius 2 is 2.12 bits per heavy atom. The second-order valence-electron chi connectivity index (χ2n) is 5.01. The fourth-order valence-electron chi connectivity index (χ4n) is 3.28. The summed E-state index contributed by atoms with van der Waals surface area (Å²) in [6.45, 7) is 5.53. The summed E-state index contributed by atoms with van der Waals surface area (Å²) in [5, 5.41) is 3.19. The average Bonchev–Trinajstić information content (AvgIpc) is 2.51. The molecular weight excluding hydrogens is 206 g/mol. The smallest absolute Gasteiger partial charge is 0.223 e. The molecule has 2 rings (SSSR count). The number of hydrogen-bond acceptors (Lipinski definition) is 3. The maximum absolute atomic E-state index is 11.9. The minimum atomic E-state index is -0.0931. The topological polar surface area (TPSA) is 47.6 Å². The monoisotopic (exact) mass is 227 g/mol. The maximum atomic E-state index is 11.9. The van der Waals surface area contributed by atoms with Gasteiger partial charge in [0.2, 0.25) is 5.91 Å². The number of rotatable bonds is 2. The lowest BCUT2D eigenvalue weighted by Crippen LogP contribution is -2.53. The summed E-state index contributed by atoms with van der Waals surface area (Å²) in [6.07, 6.45) is 1.91. The van der Waals surface area contributed by atoms with E-state index in [2.05, 4.69) is 12.2 Å². The van der Waals surface area contributed by atoms with Crippen LogP contribution in [0.4, 0.5) is 0 Å². The van der Waals surface area contributed by atoms with Crippen LogP contribution in [-0.2, 0) is 14.3 Å². The van der Waals surface area contributed by atoms with Crippen LogP contribution < -0.4 is 5.32 Å². The van der Waals surface area contributed by atoms with E-state index in [-0.39, 0.29) is 29.4 Å². The molecule has 1 amide bonds. The predicted molar refractivity (Wildman–Crippen MR) is 60.1 cm³/mol. The summed E-state index contributed by atoms with van der Waals surface area (Å²) in [5.74, 6) is 0.456. The van der Waals surface area contributed by atoms with Crippen molar-refractivity contribution in [3.63, 3.8) is 0 Å². The number of carbonyl (C=O) groups is 1. The highest BCUT2D eigenvalue weighted by molar-refractivity contribution is 5.82. The van der Waals surface area contributed by atoms with Gasteiger partial charge in [-0.05, 0) is 19.8 Å². The van der Waals surface area contributed by atoms with Crippen LogP contribution in [0, 0.1) is 11.8 Å². The molecule has 2 aliphatic rings. The number of methoxy groups -OCH3 is 1. The number of ether oxygens (including phenoxy) is 2. The Kier molecular flexibility index (Phi) is 3.22. The summed E-state index contributed by atoms with van der Waals surface area (Å²) < 4.78 is 10.8. The molecule has 92 valence electrons. The summed E-state index contributed by atoms with van der Waals surface area (Å²) in [6, 6.07) is 0. The van der Waals surface area contributed by atoms with Gasteiger partial charge in [0.15, 0.2) is 0 Å². The first kappa shape index (κ1) is 11.9. The van der Waals surface area contributed by atoms with Crippen molar-refractivity contribution in [2.45, 2.75) is 38.3 Å². The van der Waals surface area contributed by atoms with Crippen molar-refractivity contribution in [1.82, 2.24) is 5.32 Å². The minimum Gasteiger partial charge on any atom is -0.381 e. The summed E-state index contributed by atoms with van der Waals surface area (Å²) >= 11 is 0. The van der Waals surface area contributed by atoms with Crippen molar-refractivity contribution in [3.8, 4) is 0 Å². The van der Waals surface area contributed by atoms with E-state index in [9.17, 15) is 4.79 Å². The first-order valence-corrected chi connectivity index (χ1v) is 6.03. The van der Waals surface area contributed by atoms with E-state index in [1.54, 1.807) is 7.11 Å². The first-order chi connectivity index (χ1) is 7.60. The van der Waals surface area contributed by atoms with Gasteiger partial charge in [0.05, 0.1) is 11.6 Å². The molecule has 2 heterocycles. The van der Waals surface area contributed by atoms with Gasteiger partial charge in [-0.3, -0.25) is 4.79 Å². The molecule has 0 aliphatic carbocycles. The fraction of sp³-hybridized carbons (Fsp3) is 0.917. The molecule has 4 heteroatoms. The van der Waals surface area contributed by atoms with Crippen LogP contribution >= 0.6 is 0 Å². The van der Waals surface area contributed by atoms with Gasteiger partial charge in [0.25, 0.3) is 0 Å². The molecule has 16 heavy (non-hydrogen) atoms. The van der Waals surface area contributed by atoms with Gasteiger partial charge in [-0.2, -0.15) is 0 Å². The standard InChI is InChI=1S/C12H21NO3/c1-8-10(9(2)15-3)12(13-11(8)14)4-6-16-7-5-12/h8-10H,4-7H2,1-3H3,(H,13,14). The Morgan fingerprint density at radius 1 is 1.50 bits per heavy atom. The molecule has 0 bridgehead atoms. The third-order valence-electron chi connectivity index (χ3n) is 4.22. The Morgan fingerprint density at radius 3 is 2.69 bits per heavy atom. The quantitative estimate of drug-likeness (QED) is 0.764. The van der Waals surface area contributed by atoms with Crippen LogP contribution in [-0.4, -0.2) is 37.9 Å². The molecule has 2 aliphatic heterocycles. The SMILES string of the molecule is COC(C)C1C(C)C(=O)NC12CCOCC2. The molecule has 4 nitrogen and oxygen atoms in total. The van der Waals surface area contributed by atoms with Crippen LogP contribution in [0.2, 0.25) is 0 Å². The van der Waals surface area contributed by atoms with E-state index in [1.807, 2.05) is 6.92 Å². The molecule has 1 spiro atoms. The molecule has 0 aromatic carbocycles. The van der Waals surface area contributed by atoms with Crippen LogP contribution in [0.3, 0.4) is 0 Å². The Hall–Kier alpha value is -0.610. The van der Waals surface area contributed by atoms with Gasteiger partial charge in [-0.1, -0.05) is 6.92 Å². The molecule has 2 fully saturated rings. The van der Waals surface area contributed by atoms with E-state index < -0.39 is 0 Å². The highest BCUT2D eigenvalue weighted by atomic mass is 16.5. The van der Waals surface area contributed by atoms with E-state index in [4.69, 9.17) is 9.47 Å². The van der Waals surface area contributed by atoms with Gasteiger partial charge in [0.1, 0.15) is 0 Å². The largest absolute Gasteiger partial charge is 0.381 e. The third kappa shape index (κ3) is 1.74. The zero-order valence-corrected chi connectivity index (χ0v) is 10.3. The predicted octanol–water partition coefficient (Wildman–Crippen LogP) is 0.953. The van der Waals surface area contributed by atoms with Crippen LogP contribution in [0.15, 0.2) is 0 Å². The number of carbonyl (C=O) groups excluding carboxylic acids is 1. The lowest BCUT2D eigenvalue weighted by molar-refractivity contribution is -0.123. The van der Waals surface area contributed by atoms with Crippen molar-refractivity contribution in [2.24, 2.45) is 11.8 Å². The molecule has 0 aromatic rings. The normalized spacial score (nSPS) is 35.1. The molecule has 0 radical (unpaired) electrons. The summed E-state index contributed by atoms with van der Waals surface area (Å²) in [4.78, 5) is 11.9. The molecule has 3 unspecified atom stereocenters. The van der Waals surface area contributed by atoms with Gasteiger partial charge in [-0.15, -0.1) is 0 Å². The van der Waals surface area contributed by atoms with E-state index in [0.29, 0.717) is 0 Å². The molecule has 2 saturated heterocycles. The van der Waals surface area contributed by atoms with Crippen molar-refractivity contribution in [2.75, 3.05) is 20.3 Å². The number of hydrogen-bond donors (Lipinski definition) is 1. The zero-order valence-electron chi connectivity index (χ0n) is 10.3. The zero-order chi connectivity index (χ0) is 11.8. The van der Waals surface area contributed by atoms with Crippen molar-refractivity contribution in [1.29, 1.82) is 0 Å². The minimum absolute atomic E-state index is 0.0352. The highest BCUT2D eigenvalue weighted by Crippen LogP contribution is 2.41. The van der Waals surface area contributed by atoms with E-state index in [1.165, 1.54) is 0 Å². The molecular formula is C12H21NO3. The lowest BCUT2D eigenvalue weighted by atomic mass is 9.73. The lowest BCUT2D eigenvalue weighted by Gasteiger charge is -2.41. The van der Waals surface area contributed by atoms with E-state index >= 15 is 0 Å². The van der Waals surface area contributed by atoms with Gasteiger partial charge in [-0.25, -0.2) is 0 Å². The van der Waals surface area contributed by atoms with Crippen molar-refractivity contribution < 1.29 is 14.3 Å². The van der Waals surface area contributed by atoms with Crippen LogP contribution in [0.25, 0.3) is 0 Å². The second kappa shape index (κ2) is 4.34. The molecule has 1 N–H and O–H groups in total. The maximum Gasteiger partial charge on any atom is 0.223 e. The molecule has 0 aromatic heterocycles. The van der Waals surface area contributed by atoms with E-state index in [0.717, 1.165) is 26.1 Å². The third-order valence-corrected chi connectivity index (χ3v) is 4.22. The summed E-state index contributed by atoms with van der Waals surface area (Å²) in [7, 11) is 1.72. The van der Waals surface area contributed by atoms with Crippen molar-refractivity contribution in [3.05, 3.63) is 0 Å². The second-order valence-corrected chi connectivity index (χ2v) is 5.01. The van der Waals surface area contributed by atoms with Crippen LogP contribution in [0.1, 0.15) is 26.7 Å². The Bertz CT molecular complexity index is 273. The van der Waals surface area contributed by atoms with Gasteiger partial charge < -0.3 is 14.8 Å². The Balaban J connectivity index is 2.24. The molecule has 0 saturated carbocycles. The number of nitrogens with one attached hydrogen (secondary N) is 1. The highest BCUT2D eigenvalue weighted by Gasteiger charge is 2.53. The molecule has 3 atom stereocenters.